The van der Waals surface area contributed by atoms with Crippen LogP contribution in [0.15, 0.2) is 47.5 Å². The van der Waals surface area contributed by atoms with Gasteiger partial charge in [0, 0.05) is 39.8 Å². The van der Waals surface area contributed by atoms with Crippen LogP contribution in [0.3, 0.4) is 0 Å². The Kier molecular flexibility index (Phi) is 9.65. The van der Waals surface area contributed by atoms with E-state index in [9.17, 15) is 0 Å². The minimum atomic E-state index is 0.746. The highest BCUT2D eigenvalue weighted by Crippen LogP contribution is 2.27. The van der Waals surface area contributed by atoms with Crippen LogP contribution < -0.4 is 20.1 Å². The molecule has 1 heterocycles. The summed E-state index contributed by atoms with van der Waals surface area (Å²) in [5, 5.41) is 6.87. The first-order chi connectivity index (χ1) is 15.7. The number of methoxy groups -OCH3 is 2. The lowest BCUT2D eigenvalue weighted by atomic mass is 10.1. The van der Waals surface area contributed by atoms with Gasteiger partial charge >= 0.3 is 0 Å². The van der Waals surface area contributed by atoms with E-state index < -0.39 is 0 Å². The summed E-state index contributed by atoms with van der Waals surface area (Å²) in [6.07, 6.45) is 1.94. The Balaban J connectivity index is 1.44. The lowest BCUT2D eigenvalue weighted by molar-refractivity contribution is 0.0341. The largest absolute Gasteiger partial charge is 0.493 e. The third kappa shape index (κ3) is 7.14. The van der Waals surface area contributed by atoms with Crippen molar-refractivity contribution >= 4 is 5.96 Å². The van der Waals surface area contributed by atoms with E-state index in [4.69, 9.17) is 14.2 Å². The van der Waals surface area contributed by atoms with Crippen LogP contribution in [-0.4, -0.2) is 65.0 Å². The second-order valence-corrected chi connectivity index (χ2v) is 7.80. The fourth-order valence-corrected chi connectivity index (χ4v) is 3.82. The normalized spacial score (nSPS) is 14.8. The molecule has 3 rings (SSSR count). The van der Waals surface area contributed by atoms with E-state index in [-0.39, 0.29) is 0 Å². The number of ether oxygens (including phenoxy) is 3. The maximum Gasteiger partial charge on any atom is 0.191 e. The molecule has 0 spiro atoms. The van der Waals surface area contributed by atoms with Gasteiger partial charge in [0.15, 0.2) is 17.5 Å². The van der Waals surface area contributed by atoms with Gasteiger partial charge in [0.2, 0.25) is 0 Å². The molecular weight excluding hydrogens is 404 g/mol. The van der Waals surface area contributed by atoms with Crippen molar-refractivity contribution in [3.05, 3.63) is 59.2 Å². The van der Waals surface area contributed by atoms with Gasteiger partial charge in [-0.25, -0.2) is 0 Å². The van der Waals surface area contributed by atoms with E-state index in [1.54, 1.807) is 14.2 Å². The quantitative estimate of drug-likeness (QED) is 0.336. The number of rotatable bonds is 10. The number of nitrogens with one attached hydrogen (secondary N) is 2. The maximum absolute atomic E-state index is 5.47. The Morgan fingerprint density at radius 1 is 1.00 bits per heavy atom. The van der Waals surface area contributed by atoms with Gasteiger partial charge in [0.1, 0.15) is 0 Å². The van der Waals surface area contributed by atoms with Crippen molar-refractivity contribution in [2.24, 2.45) is 4.99 Å². The third-order valence-electron chi connectivity index (χ3n) is 5.67. The molecular formula is C25H36N4O3. The standard InChI is InChI=1S/C25H36N4O3/c1-26-25(27-12-6-7-20-10-11-23(30-2)24(17-20)31-3)28-18-21-8-4-5-9-22(21)19-29-13-15-32-16-14-29/h4-5,8-11,17H,6-7,12-16,18-19H2,1-3H3,(H2,26,27,28). The van der Waals surface area contributed by atoms with Crippen molar-refractivity contribution in [2.75, 3.05) is 54.1 Å². The zero-order valence-corrected chi connectivity index (χ0v) is 19.5. The summed E-state index contributed by atoms with van der Waals surface area (Å²) < 4.78 is 16.2. The zero-order valence-electron chi connectivity index (χ0n) is 19.5. The summed E-state index contributed by atoms with van der Waals surface area (Å²) in [5.74, 6) is 2.34. The summed E-state index contributed by atoms with van der Waals surface area (Å²) in [6.45, 7) is 6.16. The van der Waals surface area contributed by atoms with E-state index in [0.29, 0.717) is 0 Å². The Bertz CT molecular complexity index is 866. The Hall–Kier alpha value is -2.77. The fourth-order valence-electron chi connectivity index (χ4n) is 3.82. The molecule has 0 aromatic heterocycles. The van der Waals surface area contributed by atoms with E-state index in [0.717, 1.165) is 76.2 Å². The number of hydrogen-bond acceptors (Lipinski definition) is 5. The minimum absolute atomic E-state index is 0.746. The number of aryl methyl sites for hydroxylation is 1. The van der Waals surface area contributed by atoms with Crippen LogP contribution in [0.1, 0.15) is 23.1 Å². The molecule has 7 nitrogen and oxygen atoms in total. The molecule has 1 fully saturated rings. The van der Waals surface area contributed by atoms with Crippen LogP contribution in [0.5, 0.6) is 11.5 Å². The van der Waals surface area contributed by atoms with E-state index in [2.05, 4.69) is 50.9 Å². The van der Waals surface area contributed by atoms with Crippen LogP contribution in [-0.2, 0) is 24.2 Å². The molecule has 0 aliphatic carbocycles. The first-order valence-electron chi connectivity index (χ1n) is 11.3. The average Bonchev–Trinajstić information content (AvgIpc) is 2.85. The van der Waals surface area contributed by atoms with Crippen molar-refractivity contribution in [1.29, 1.82) is 0 Å². The summed E-state index contributed by atoms with van der Waals surface area (Å²) in [5.41, 5.74) is 3.88. The van der Waals surface area contributed by atoms with Gasteiger partial charge in [-0.1, -0.05) is 30.3 Å². The van der Waals surface area contributed by atoms with Gasteiger partial charge in [-0.2, -0.15) is 0 Å². The molecule has 1 saturated heterocycles. The number of nitrogens with zero attached hydrogens (tertiary/aromatic N) is 2. The van der Waals surface area contributed by atoms with E-state index >= 15 is 0 Å². The molecule has 1 aliphatic heterocycles. The molecule has 174 valence electrons. The van der Waals surface area contributed by atoms with E-state index in [1.165, 1.54) is 16.7 Å². The summed E-state index contributed by atoms with van der Waals surface area (Å²) in [4.78, 5) is 6.82. The molecule has 0 saturated carbocycles. The van der Waals surface area contributed by atoms with Crippen molar-refractivity contribution in [3.8, 4) is 11.5 Å². The highest BCUT2D eigenvalue weighted by atomic mass is 16.5. The average molecular weight is 441 g/mol. The third-order valence-corrected chi connectivity index (χ3v) is 5.67. The Morgan fingerprint density at radius 2 is 1.75 bits per heavy atom. The number of morpholine rings is 1. The van der Waals surface area contributed by atoms with Gasteiger partial charge in [0.05, 0.1) is 27.4 Å². The van der Waals surface area contributed by atoms with Gasteiger partial charge in [-0.3, -0.25) is 9.89 Å². The summed E-state index contributed by atoms with van der Waals surface area (Å²) in [6, 6.07) is 14.7. The number of hydrogen-bond donors (Lipinski definition) is 2. The van der Waals surface area contributed by atoms with Gasteiger partial charge in [-0.05, 0) is 41.7 Å². The molecule has 0 bridgehead atoms. The van der Waals surface area contributed by atoms with Crippen molar-refractivity contribution in [3.63, 3.8) is 0 Å². The monoisotopic (exact) mass is 440 g/mol. The van der Waals surface area contributed by atoms with E-state index in [1.807, 2.05) is 19.2 Å². The second-order valence-electron chi connectivity index (χ2n) is 7.80. The first-order valence-corrected chi connectivity index (χ1v) is 11.3. The van der Waals surface area contributed by atoms with Crippen LogP contribution in [0.25, 0.3) is 0 Å². The van der Waals surface area contributed by atoms with Crippen LogP contribution in [0, 0.1) is 0 Å². The highest BCUT2D eigenvalue weighted by Gasteiger charge is 2.13. The number of benzene rings is 2. The molecule has 2 N–H and O–H groups in total. The highest BCUT2D eigenvalue weighted by molar-refractivity contribution is 5.79. The summed E-state index contributed by atoms with van der Waals surface area (Å²) >= 11 is 0. The molecule has 2 aromatic carbocycles. The summed E-state index contributed by atoms with van der Waals surface area (Å²) in [7, 11) is 5.13. The SMILES string of the molecule is CN=C(NCCCc1ccc(OC)c(OC)c1)NCc1ccccc1CN1CCOCC1. The van der Waals surface area contributed by atoms with Crippen molar-refractivity contribution in [1.82, 2.24) is 15.5 Å². The number of aliphatic imine (C=N–C) groups is 1. The first kappa shape index (κ1) is 23.9. The van der Waals surface area contributed by atoms with Gasteiger partial charge in [-0.15, -0.1) is 0 Å². The smallest absolute Gasteiger partial charge is 0.191 e. The van der Waals surface area contributed by atoms with Crippen LogP contribution >= 0.6 is 0 Å². The molecule has 0 atom stereocenters. The topological polar surface area (TPSA) is 67.4 Å². The predicted octanol–water partition coefficient (Wildman–Crippen LogP) is 2.83. The molecule has 32 heavy (non-hydrogen) atoms. The molecule has 0 amide bonds. The number of guanidine groups is 1. The lowest BCUT2D eigenvalue weighted by Crippen LogP contribution is -2.38. The fraction of sp³-hybridized carbons (Fsp3) is 0.480. The zero-order chi connectivity index (χ0) is 22.6. The molecule has 7 heteroatoms. The lowest BCUT2D eigenvalue weighted by Gasteiger charge is -2.27. The molecule has 0 unspecified atom stereocenters. The maximum atomic E-state index is 5.47. The van der Waals surface area contributed by atoms with Crippen LogP contribution in [0.4, 0.5) is 0 Å². The van der Waals surface area contributed by atoms with Gasteiger partial charge < -0.3 is 24.8 Å². The Labute approximate surface area is 191 Å². The van der Waals surface area contributed by atoms with Crippen molar-refractivity contribution < 1.29 is 14.2 Å². The predicted molar refractivity (Wildman–Crippen MR) is 129 cm³/mol. The molecule has 1 aliphatic rings. The van der Waals surface area contributed by atoms with Gasteiger partial charge in [0.25, 0.3) is 0 Å². The van der Waals surface area contributed by atoms with Crippen molar-refractivity contribution in [2.45, 2.75) is 25.9 Å². The minimum Gasteiger partial charge on any atom is -0.493 e. The molecule has 0 radical (unpaired) electrons. The second kappa shape index (κ2) is 12.9. The molecule has 2 aromatic rings. The van der Waals surface area contributed by atoms with Crippen LogP contribution in [0.2, 0.25) is 0 Å². The Morgan fingerprint density at radius 3 is 2.47 bits per heavy atom.